The molecule has 7 heteroatoms. The predicted molar refractivity (Wildman–Crippen MR) is 79.6 cm³/mol. The van der Waals surface area contributed by atoms with Crippen LogP contribution in [0.15, 0.2) is 18.3 Å². The molecule has 0 amide bonds. The zero-order valence-electron chi connectivity index (χ0n) is 11.3. The molecule has 1 aliphatic rings. The second-order valence-electron chi connectivity index (χ2n) is 4.92. The molecule has 0 bridgehead atoms. The summed E-state index contributed by atoms with van der Waals surface area (Å²) in [5, 5.41) is 5.38. The molecule has 4 N–H and O–H groups in total. The number of hydrogen-bond donors (Lipinski definition) is 2. The first kappa shape index (κ1) is 14.9. The van der Waals surface area contributed by atoms with Crippen LogP contribution in [0.3, 0.4) is 0 Å². The highest BCUT2D eigenvalue weighted by Gasteiger charge is 2.24. The van der Waals surface area contributed by atoms with E-state index >= 15 is 0 Å². The van der Waals surface area contributed by atoms with Gasteiger partial charge in [-0.15, -0.1) is 12.4 Å². The lowest BCUT2D eigenvalue weighted by atomic mass is 10.2. The number of halogens is 1. The maximum absolute atomic E-state index is 5.92. The van der Waals surface area contributed by atoms with Gasteiger partial charge in [0.25, 0.3) is 0 Å². The van der Waals surface area contributed by atoms with E-state index in [0.717, 1.165) is 22.4 Å². The smallest absolute Gasteiger partial charge is 0.187 e. The van der Waals surface area contributed by atoms with Crippen LogP contribution in [0.1, 0.15) is 6.92 Å². The maximum Gasteiger partial charge on any atom is 0.187 e. The number of ether oxygens (including phenoxy) is 2. The van der Waals surface area contributed by atoms with Gasteiger partial charge in [-0.1, -0.05) is 0 Å². The number of hydrogen-bond acceptors (Lipinski definition) is 5. The third-order valence-electron chi connectivity index (χ3n) is 3.15. The van der Waals surface area contributed by atoms with Gasteiger partial charge < -0.3 is 20.9 Å². The summed E-state index contributed by atoms with van der Waals surface area (Å²) in [7, 11) is 0. The van der Waals surface area contributed by atoms with Crippen molar-refractivity contribution in [3.63, 3.8) is 0 Å². The first-order valence-corrected chi connectivity index (χ1v) is 6.42. The average molecular weight is 299 g/mol. The summed E-state index contributed by atoms with van der Waals surface area (Å²) in [5.74, 6) is 1.46. The zero-order chi connectivity index (χ0) is 13.4. The van der Waals surface area contributed by atoms with Gasteiger partial charge in [-0.05, 0) is 19.1 Å². The average Bonchev–Trinajstić information content (AvgIpc) is 2.81. The minimum absolute atomic E-state index is 0. The maximum atomic E-state index is 5.92. The monoisotopic (exact) mass is 298 g/mol. The topological polar surface area (TPSA) is 88.3 Å². The van der Waals surface area contributed by atoms with Crippen LogP contribution in [0.2, 0.25) is 0 Å². The molecule has 0 saturated heterocycles. The van der Waals surface area contributed by atoms with Crippen LogP contribution in [0, 0.1) is 0 Å². The molecule has 0 spiro atoms. The number of rotatable bonds is 3. The highest BCUT2D eigenvalue weighted by molar-refractivity contribution is 5.87. The fourth-order valence-corrected chi connectivity index (χ4v) is 2.27. The molecule has 1 unspecified atom stereocenters. The van der Waals surface area contributed by atoms with Crippen LogP contribution in [0.4, 0.5) is 0 Å². The summed E-state index contributed by atoms with van der Waals surface area (Å²) in [4.78, 5) is 0. The van der Waals surface area contributed by atoms with Gasteiger partial charge in [-0.25, -0.2) is 0 Å². The standard InChI is InChI=1S/C13H18N4O2.ClH/c1-8(15)6-17-12-9(5-16-17)2-3-11-13(12)19-10(4-14)7-18-11;/h2-3,5,8,10H,4,6-7,14-15H2,1H3;1H/t8-,10?;/m0./s1. The van der Waals surface area contributed by atoms with Crippen LogP contribution in [0.25, 0.3) is 10.9 Å². The molecule has 0 fully saturated rings. The third-order valence-corrected chi connectivity index (χ3v) is 3.15. The molecule has 1 aromatic heterocycles. The van der Waals surface area contributed by atoms with Crippen molar-refractivity contribution < 1.29 is 9.47 Å². The van der Waals surface area contributed by atoms with Crippen molar-refractivity contribution in [1.29, 1.82) is 0 Å². The van der Waals surface area contributed by atoms with E-state index in [1.807, 2.05) is 29.9 Å². The van der Waals surface area contributed by atoms with Gasteiger partial charge >= 0.3 is 0 Å². The van der Waals surface area contributed by atoms with Gasteiger partial charge in [0, 0.05) is 18.0 Å². The Kier molecular flexibility index (Phi) is 4.37. The molecule has 0 radical (unpaired) electrons. The Bertz CT molecular complexity index is 599. The lowest BCUT2D eigenvalue weighted by Crippen LogP contribution is -2.36. The number of nitrogens with zero attached hydrogens (tertiary/aromatic N) is 2. The molecule has 3 rings (SSSR count). The van der Waals surface area contributed by atoms with Gasteiger partial charge in [0.05, 0.1) is 12.7 Å². The first-order chi connectivity index (χ1) is 9.19. The van der Waals surface area contributed by atoms with E-state index in [4.69, 9.17) is 20.9 Å². The van der Waals surface area contributed by atoms with E-state index in [2.05, 4.69) is 5.10 Å². The largest absolute Gasteiger partial charge is 0.486 e. The van der Waals surface area contributed by atoms with Gasteiger partial charge in [-0.2, -0.15) is 5.10 Å². The van der Waals surface area contributed by atoms with Crippen molar-refractivity contribution in [3.05, 3.63) is 18.3 Å². The minimum Gasteiger partial charge on any atom is -0.486 e. The number of fused-ring (bicyclic) bond motifs is 3. The minimum atomic E-state index is -0.114. The summed E-state index contributed by atoms with van der Waals surface area (Å²) in [6.07, 6.45) is 1.70. The molecule has 6 nitrogen and oxygen atoms in total. The van der Waals surface area contributed by atoms with Crippen molar-refractivity contribution in [1.82, 2.24) is 9.78 Å². The lowest BCUT2D eigenvalue weighted by Gasteiger charge is -2.26. The van der Waals surface area contributed by atoms with Gasteiger partial charge in [-0.3, -0.25) is 4.68 Å². The Morgan fingerprint density at radius 2 is 2.30 bits per heavy atom. The van der Waals surface area contributed by atoms with E-state index in [1.165, 1.54) is 0 Å². The Balaban J connectivity index is 0.00000147. The Morgan fingerprint density at radius 3 is 3.00 bits per heavy atom. The van der Waals surface area contributed by atoms with Crippen LogP contribution >= 0.6 is 12.4 Å². The number of nitrogens with two attached hydrogens (primary N) is 2. The normalized spacial score (nSPS) is 18.6. The lowest BCUT2D eigenvalue weighted by molar-refractivity contribution is 0.0983. The van der Waals surface area contributed by atoms with Gasteiger partial charge in [0.1, 0.15) is 18.2 Å². The zero-order valence-corrected chi connectivity index (χ0v) is 12.1. The summed E-state index contributed by atoms with van der Waals surface area (Å²) in [6, 6.07) is 3.90. The molecule has 2 atom stereocenters. The van der Waals surface area contributed by atoms with E-state index in [-0.39, 0.29) is 24.6 Å². The second kappa shape index (κ2) is 5.87. The van der Waals surface area contributed by atoms with Crippen LogP contribution in [0.5, 0.6) is 11.5 Å². The quantitative estimate of drug-likeness (QED) is 0.879. The van der Waals surface area contributed by atoms with E-state index < -0.39 is 0 Å². The second-order valence-corrected chi connectivity index (χ2v) is 4.92. The van der Waals surface area contributed by atoms with Crippen molar-refractivity contribution in [2.75, 3.05) is 13.2 Å². The van der Waals surface area contributed by atoms with Crippen molar-refractivity contribution in [2.45, 2.75) is 25.6 Å². The Hall–Kier alpha value is -1.50. The SMILES string of the molecule is C[C@H](N)Cn1ncc2ccc3c(c21)OC(CN)CO3.Cl. The summed E-state index contributed by atoms with van der Waals surface area (Å²) < 4.78 is 13.5. The highest BCUT2D eigenvalue weighted by atomic mass is 35.5. The summed E-state index contributed by atoms with van der Waals surface area (Å²) >= 11 is 0. The predicted octanol–water partition coefficient (Wildman–Crippen LogP) is 0.904. The van der Waals surface area contributed by atoms with Crippen LogP contribution < -0.4 is 20.9 Å². The molecule has 20 heavy (non-hydrogen) atoms. The van der Waals surface area contributed by atoms with Gasteiger partial charge in [0.2, 0.25) is 0 Å². The molecule has 0 aliphatic carbocycles. The van der Waals surface area contributed by atoms with Gasteiger partial charge in [0.15, 0.2) is 11.5 Å². The highest BCUT2D eigenvalue weighted by Crippen LogP contribution is 2.38. The third kappa shape index (κ3) is 2.54. The van der Waals surface area contributed by atoms with E-state index in [9.17, 15) is 0 Å². The molecular formula is C13H19ClN4O2. The van der Waals surface area contributed by atoms with E-state index in [0.29, 0.717) is 19.7 Å². The molecule has 1 aromatic carbocycles. The van der Waals surface area contributed by atoms with Crippen molar-refractivity contribution in [3.8, 4) is 11.5 Å². The van der Waals surface area contributed by atoms with Crippen LogP contribution in [-0.2, 0) is 6.54 Å². The molecule has 110 valence electrons. The fourth-order valence-electron chi connectivity index (χ4n) is 2.27. The number of benzene rings is 1. The Morgan fingerprint density at radius 1 is 1.50 bits per heavy atom. The molecular weight excluding hydrogens is 280 g/mol. The van der Waals surface area contributed by atoms with Crippen molar-refractivity contribution >= 4 is 23.3 Å². The molecule has 2 aromatic rings. The number of aromatic nitrogens is 2. The summed E-state index contributed by atoms with van der Waals surface area (Å²) in [5.41, 5.74) is 12.4. The molecule has 0 saturated carbocycles. The van der Waals surface area contributed by atoms with E-state index in [1.54, 1.807) is 0 Å². The Labute approximate surface area is 123 Å². The summed E-state index contributed by atoms with van der Waals surface area (Å²) in [6.45, 7) is 3.49. The van der Waals surface area contributed by atoms with Crippen molar-refractivity contribution in [2.24, 2.45) is 11.5 Å². The van der Waals surface area contributed by atoms with Crippen LogP contribution in [-0.4, -0.2) is 35.1 Å². The molecule has 2 heterocycles. The fraction of sp³-hybridized carbons (Fsp3) is 0.462. The molecule has 1 aliphatic heterocycles. The first-order valence-electron chi connectivity index (χ1n) is 6.42.